The maximum absolute atomic E-state index is 14.3. The van der Waals surface area contributed by atoms with Crippen molar-refractivity contribution in [1.29, 1.82) is 0 Å². The molecule has 0 radical (unpaired) electrons. The van der Waals surface area contributed by atoms with Crippen LogP contribution >= 0.6 is 19.2 Å². The fourth-order valence-electron chi connectivity index (χ4n) is 4.48. The molecule has 180 valence electrons. The van der Waals surface area contributed by atoms with E-state index in [1.165, 1.54) is 25.5 Å². The van der Waals surface area contributed by atoms with E-state index in [1.807, 2.05) is 0 Å². The third kappa shape index (κ3) is 3.58. The smallest absolute Gasteiger partial charge is 0.363 e. The molecule has 0 N–H and O–H groups in total. The minimum Gasteiger partial charge on any atom is -0.497 e. The van der Waals surface area contributed by atoms with Crippen LogP contribution in [0.25, 0.3) is 0 Å². The van der Waals surface area contributed by atoms with Crippen molar-refractivity contribution < 1.29 is 32.3 Å². The largest absolute Gasteiger partial charge is 0.497 e. The second-order valence-corrected chi connectivity index (χ2v) is 10.3. The van der Waals surface area contributed by atoms with Crippen LogP contribution in [-0.2, 0) is 28.5 Å². The zero-order valence-electron chi connectivity index (χ0n) is 18.7. The lowest BCUT2D eigenvalue weighted by molar-refractivity contribution is -0.123. The van der Waals surface area contributed by atoms with Gasteiger partial charge in [-0.15, -0.1) is 0 Å². The highest BCUT2D eigenvalue weighted by molar-refractivity contribution is 7.55. The number of methoxy groups -OCH3 is 1. The van der Waals surface area contributed by atoms with Gasteiger partial charge in [0.25, 0.3) is 0 Å². The summed E-state index contributed by atoms with van der Waals surface area (Å²) >= 11 is 5.90. The van der Waals surface area contributed by atoms with E-state index in [-0.39, 0.29) is 23.9 Å². The number of amides is 2. The van der Waals surface area contributed by atoms with E-state index in [0.29, 0.717) is 11.3 Å². The standard InChI is InChI=1S/C23H23ClFN2O6P/c1-4-32-34(30,33-5-2)23(14-6-9-16(31-3)10-7-14)20-17(13-26-23)21(28)27(22(20)29)15-8-11-19(25)18(24)12-15/h6-13,17,20H,4-5H2,1-3H3/t17-,20+,23+/m1/s1. The zero-order chi connectivity index (χ0) is 24.7. The molecular weight excluding hydrogens is 486 g/mol. The normalized spacial score (nSPS) is 24.1. The average molecular weight is 509 g/mol. The summed E-state index contributed by atoms with van der Waals surface area (Å²) in [4.78, 5) is 32.6. The summed E-state index contributed by atoms with van der Waals surface area (Å²) in [5.41, 5.74) is 0.484. The van der Waals surface area contributed by atoms with Crippen molar-refractivity contribution in [3.05, 3.63) is 58.9 Å². The zero-order valence-corrected chi connectivity index (χ0v) is 20.4. The van der Waals surface area contributed by atoms with E-state index < -0.39 is 42.3 Å². The van der Waals surface area contributed by atoms with Crippen LogP contribution in [-0.4, -0.2) is 38.4 Å². The minimum absolute atomic E-state index is 0.0293. The third-order valence-electron chi connectivity index (χ3n) is 5.91. The molecule has 4 rings (SSSR count). The van der Waals surface area contributed by atoms with Gasteiger partial charge in [0.15, 0.2) is 5.28 Å². The Morgan fingerprint density at radius 2 is 1.74 bits per heavy atom. The topological polar surface area (TPSA) is 94.5 Å². The molecule has 0 bridgehead atoms. The Labute approximate surface area is 201 Å². The van der Waals surface area contributed by atoms with E-state index in [0.717, 1.165) is 11.0 Å². The Morgan fingerprint density at radius 1 is 1.09 bits per heavy atom. The van der Waals surface area contributed by atoms with E-state index >= 15 is 0 Å². The first kappa shape index (κ1) is 24.5. The van der Waals surface area contributed by atoms with Gasteiger partial charge in [0.05, 0.1) is 42.9 Å². The van der Waals surface area contributed by atoms with Crippen LogP contribution in [0.2, 0.25) is 5.02 Å². The molecule has 34 heavy (non-hydrogen) atoms. The van der Waals surface area contributed by atoms with Gasteiger partial charge < -0.3 is 13.8 Å². The number of fused-ring (bicyclic) bond motifs is 1. The quantitative estimate of drug-likeness (QED) is 0.375. The van der Waals surface area contributed by atoms with Crippen molar-refractivity contribution in [1.82, 2.24) is 0 Å². The van der Waals surface area contributed by atoms with E-state index in [2.05, 4.69) is 4.99 Å². The van der Waals surface area contributed by atoms with Crippen LogP contribution in [0.5, 0.6) is 5.75 Å². The highest BCUT2D eigenvalue weighted by Gasteiger charge is 2.69. The summed E-state index contributed by atoms with van der Waals surface area (Å²) in [6, 6.07) is 10.1. The van der Waals surface area contributed by atoms with Gasteiger partial charge in [-0.3, -0.25) is 19.1 Å². The second kappa shape index (κ2) is 9.23. The maximum Gasteiger partial charge on any atom is 0.363 e. The Bertz CT molecular complexity index is 1200. The molecule has 2 aliphatic rings. The predicted molar refractivity (Wildman–Crippen MR) is 125 cm³/mol. The number of aliphatic imine (C=N–C) groups is 1. The summed E-state index contributed by atoms with van der Waals surface area (Å²) in [7, 11) is -2.63. The molecule has 2 aliphatic heterocycles. The molecular formula is C23H23ClFN2O6P. The third-order valence-corrected chi connectivity index (χ3v) is 8.88. The van der Waals surface area contributed by atoms with Crippen LogP contribution < -0.4 is 9.64 Å². The van der Waals surface area contributed by atoms with Crippen molar-refractivity contribution in [2.75, 3.05) is 25.2 Å². The summed E-state index contributed by atoms with van der Waals surface area (Å²) in [6.07, 6.45) is 1.32. The van der Waals surface area contributed by atoms with Gasteiger partial charge in [0.2, 0.25) is 11.8 Å². The molecule has 2 aromatic carbocycles. The van der Waals surface area contributed by atoms with Crippen LogP contribution in [0.1, 0.15) is 19.4 Å². The maximum atomic E-state index is 14.3. The van der Waals surface area contributed by atoms with Gasteiger partial charge in [-0.1, -0.05) is 23.7 Å². The van der Waals surface area contributed by atoms with Crippen LogP contribution in [0.3, 0.4) is 0 Å². The lowest BCUT2D eigenvalue weighted by Gasteiger charge is -2.37. The molecule has 11 heteroatoms. The number of imide groups is 1. The van der Waals surface area contributed by atoms with Crippen LogP contribution in [0.15, 0.2) is 47.5 Å². The van der Waals surface area contributed by atoms with E-state index in [1.54, 1.807) is 38.1 Å². The fourth-order valence-corrected chi connectivity index (χ4v) is 7.09. The van der Waals surface area contributed by atoms with Gasteiger partial charge in [-0.2, -0.15) is 0 Å². The molecule has 2 heterocycles. The molecule has 0 aliphatic carbocycles. The van der Waals surface area contributed by atoms with Crippen molar-refractivity contribution in [3.8, 4) is 5.75 Å². The average Bonchev–Trinajstić information content (AvgIpc) is 3.34. The number of nitrogens with zero attached hydrogens (tertiary/aromatic N) is 2. The van der Waals surface area contributed by atoms with Gasteiger partial charge in [0, 0.05) is 6.21 Å². The molecule has 1 fully saturated rings. The molecule has 0 unspecified atom stereocenters. The van der Waals surface area contributed by atoms with Gasteiger partial charge in [0.1, 0.15) is 11.6 Å². The first-order valence-electron chi connectivity index (χ1n) is 10.7. The number of rotatable bonds is 8. The highest BCUT2D eigenvalue weighted by Crippen LogP contribution is 2.72. The first-order chi connectivity index (χ1) is 16.2. The van der Waals surface area contributed by atoms with E-state index in [4.69, 9.17) is 25.4 Å². The predicted octanol–water partition coefficient (Wildman–Crippen LogP) is 4.80. The van der Waals surface area contributed by atoms with Gasteiger partial charge in [-0.05, 0) is 49.7 Å². The second-order valence-electron chi connectivity index (χ2n) is 7.68. The molecule has 0 spiro atoms. The molecule has 2 aromatic rings. The number of carbonyl (C=O) groups excluding carboxylic acids is 2. The van der Waals surface area contributed by atoms with Crippen molar-refractivity contribution in [3.63, 3.8) is 0 Å². The van der Waals surface area contributed by atoms with Crippen molar-refractivity contribution >= 4 is 42.9 Å². The Morgan fingerprint density at radius 3 is 2.29 bits per heavy atom. The molecule has 8 nitrogen and oxygen atoms in total. The highest BCUT2D eigenvalue weighted by atomic mass is 35.5. The molecule has 2 amide bonds. The molecule has 0 aromatic heterocycles. The lowest BCUT2D eigenvalue weighted by atomic mass is 9.87. The summed E-state index contributed by atoms with van der Waals surface area (Å²) in [5, 5.41) is -2.04. The number of anilines is 1. The number of halogens is 2. The number of hydrogen-bond donors (Lipinski definition) is 0. The van der Waals surface area contributed by atoms with E-state index in [9.17, 15) is 18.5 Å². The number of hydrogen-bond acceptors (Lipinski definition) is 7. The number of carbonyl (C=O) groups is 2. The summed E-state index contributed by atoms with van der Waals surface area (Å²) in [5.74, 6) is -3.62. The van der Waals surface area contributed by atoms with Gasteiger partial charge >= 0.3 is 7.60 Å². The summed E-state index contributed by atoms with van der Waals surface area (Å²) < 4.78 is 44.6. The molecule has 0 saturated carbocycles. The minimum atomic E-state index is -4.14. The van der Waals surface area contributed by atoms with Crippen LogP contribution in [0.4, 0.5) is 10.1 Å². The molecule has 3 atom stereocenters. The van der Waals surface area contributed by atoms with Crippen molar-refractivity contribution in [2.24, 2.45) is 16.8 Å². The Kier molecular flexibility index (Phi) is 6.66. The lowest BCUT2D eigenvalue weighted by Crippen LogP contribution is -2.40. The monoisotopic (exact) mass is 508 g/mol. The number of benzene rings is 2. The Balaban J connectivity index is 1.90. The first-order valence-corrected chi connectivity index (χ1v) is 12.6. The van der Waals surface area contributed by atoms with Crippen LogP contribution in [0, 0.1) is 17.7 Å². The fraction of sp³-hybridized carbons (Fsp3) is 0.348. The Hall–Kier alpha value is -2.58. The van der Waals surface area contributed by atoms with Gasteiger partial charge in [-0.25, -0.2) is 9.29 Å². The SMILES string of the molecule is CCOP(=O)(OCC)[C@]1(c2ccc(OC)cc2)N=C[C@H]2C(=O)N(c3ccc(F)c(Cl)c3)C(=O)[C@H]21. The number of ether oxygens (including phenoxy) is 1. The summed E-state index contributed by atoms with van der Waals surface area (Å²) in [6.45, 7) is 3.36. The van der Waals surface area contributed by atoms with Crippen molar-refractivity contribution in [2.45, 2.75) is 19.1 Å². The molecule has 1 saturated heterocycles.